The van der Waals surface area contributed by atoms with Gasteiger partial charge in [-0.25, -0.2) is 4.39 Å². The molecule has 1 unspecified atom stereocenters. The standard InChI is InChI=1S/C14H22FNO2/c1-5-16(9-14(3,4)18)13-7-6-11(15)8-12(13)10(2)17/h6-8,10,17-18H,5,9H2,1-4H3. The summed E-state index contributed by atoms with van der Waals surface area (Å²) < 4.78 is 13.2. The molecule has 0 heterocycles. The lowest BCUT2D eigenvalue weighted by Gasteiger charge is -2.32. The van der Waals surface area contributed by atoms with Gasteiger partial charge in [-0.15, -0.1) is 0 Å². The zero-order valence-corrected chi connectivity index (χ0v) is 11.4. The summed E-state index contributed by atoms with van der Waals surface area (Å²) in [5.74, 6) is -0.367. The first kappa shape index (κ1) is 14.9. The quantitative estimate of drug-likeness (QED) is 0.849. The average Bonchev–Trinajstić information content (AvgIpc) is 2.24. The molecule has 1 atom stereocenters. The number of aliphatic hydroxyl groups excluding tert-OH is 1. The first-order valence-electron chi connectivity index (χ1n) is 6.19. The van der Waals surface area contributed by atoms with Crippen LogP contribution in [0, 0.1) is 5.82 Å². The summed E-state index contributed by atoms with van der Waals surface area (Å²) >= 11 is 0. The van der Waals surface area contributed by atoms with Gasteiger partial charge in [0, 0.05) is 24.3 Å². The molecule has 18 heavy (non-hydrogen) atoms. The first-order valence-corrected chi connectivity index (χ1v) is 6.19. The van der Waals surface area contributed by atoms with Crippen molar-refractivity contribution < 1.29 is 14.6 Å². The van der Waals surface area contributed by atoms with Gasteiger partial charge in [0.1, 0.15) is 5.82 Å². The fraction of sp³-hybridized carbons (Fsp3) is 0.571. The molecule has 0 saturated carbocycles. The maximum absolute atomic E-state index is 13.2. The molecular formula is C14H22FNO2. The average molecular weight is 255 g/mol. The molecule has 0 saturated heterocycles. The van der Waals surface area contributed by atoms with E-state index in [4.69, 9.17) is 0 Å². The van der Waals surface area contributed by atoms with Crippen LogP contribution in [0.2, 0.25) is 0 Å². The van der Waals surface area contributed by atoms with E-state index in [9.17, 15) is 14.6 Å². The predicted molar refractivity (Wildman–Crippen MR) is 71.2 cm³/mol. The highest BCUT2D eigenvalue weighted by molar-refractivity contribution is 5.55. The fourth-order valence-electron chi connectivity index (χ4n) is 1.98. The number of likely N-dealkylation sites (N-methyl/N-ethyl adjacent to an activating group) is 1. The lowest BCUT2D eigenvalue weighted by molar-refractivity contribution is 0.0873. The minimum atomic E-state index is -0.847. The Balaban J connectivity index is 3.12. The van der Waals surface area contributed by atoms with E-state index < -0.39 is 11.7 Å². The summed E-state index contributed by atoms with van der Waals surface area (Å²) in [5, 5.41) is 19.6. The van der Waals surface area contributed by atoms with Gasteiger partial charge in [-0.3, -0.25) is 0 Å². The highest BCUT2D eigenvalue weighted by Crippen LogP contribution is 2.28. The number of rotatable bonds is 5. The third kappa shape index (κ3) is 3.96. The molecule has 3 nitrogen and oxygen atoms in total. The van der Waals surface area contributed by atoms with Gasteiger partial charge < -0.3 is 15.1 Å². The zero-order valence-electron chi connectivity index (χ0n) is 11.4. The van der Waals surface area contributed by atoms with E-state index in [1.165, 1.54) is 12.1 Å². The minimum Gasteiger partial charge on any atom is -0.389 e. The Bertz CT molecular complexity index is 399. The van der Waals surface area contributed by atoms with E-state index in [1.807, 2.05) is 11.8 Å². The lowest BCUT2D eigenvalue weighted by Crippen LogP contribution is -2.39. The van der Waals surface area contributed by atoms with Crippen LogP contribution in [-0.4, -0.2) is 28.9 Å². The van der Waals surface area contributed by atoms with Gasteiger partial charge in [0.2, 0.25) is 0 Å². The fourth-order valence-corrected chi connectivity index (χ4v) is 1.98. The Hall–Kier alpha value is -1.13. The van der Waals surface area contributed by atoms with Crippen molar-refractivity contribution in [3.05, 3.63) is 29.6 Å². The molecule has 0 spiro atoms. The van der Waals surface area contributed by atoms with Gasteiger partial charge in [-0.1, -0.05) is 0 Å². The van der Waals surface area contributed by atoms with E-state index in [-0.39, 0.29) is 5.82 Å². The molecule has 1 aromatic rings. The third-order valence-electron chi connectivity index (χ3n) is 2.74. The van der Waals surface area contributed by atoms with E-state index in [1.54, 1.807) is 26.8 Å². The number of nitrogens with zero attached hydrogens (tertiary/aromatic N) is 1. The molecule has 4 heteroatoms. The van der Waals surface area contributed by atoms with Crippen LogP contribution in [0.1, 0.15) is 39.4 Å². The number of hydrogen-bond acceptors (Lipinski definition) is 3. The lowest BCUT2D eigenvalue weighted by atomic mass is 10.0. The highest BCUT2D eigenvalue weighted by Gasteiger charge is 2.21. The van der Waals surface area contributed by atoms with Gasteiger partial charge in [0.25, 0.3) is 0 Å². The summed E-state index contributed by atoms with van der Waals surface area (Å²) in [6, 6.07) is 4.36. The van der Waals surface area contributed by atoms with Crippen molar-refractivity contribution in [3.8, 4) is 0 Å². The second kappa shape index (κ2) is 5.67. The summed E-state index contributed by atoms with van der Waals surface area (Å²) in [6.45, 7) is 8.11. The monoisotopic (exact) mass is 255 g/mol. The Morgan fingerprint density at radius 2 is 2.00 bits per heavy atom. The number of anilines is 1. The van der Waals surface area contributed by atoms with Crippen LogP contribution >= 0.6 is 0 Å². The van der Waals surface area contributed by atoms with E-state index >= 15 is 0 Å². The molecule has 102 valence electrons. The summed E-state index contributed by atoms with van der Waals surface area (Å²) in [5.41, 5.74) is 0.456. The molecule has 0 fully saturated rings. The van der Waals surface area contributed by atoms with Crippen LogP contribution in [-0.2, 0) is 0 Å². The summed E-state index contributed by atoms with van der Waals surface area (Å²) in [6.07, 6.45) is -0.744. The molecule has 0 aliphatic heterocycles. The largest absolute Gasteiger partial charge is 0.389 e. The summed E-state index contributed by atoms with van der Waals surface area (Å²) in [4.78, 5) is 1.93. The smallest absolute Gasteiger partial charge is 0.123 e. The van der Waals surface area contributed by atoms with Crippen LogP contribution in [0.15, 0.2) is 18.2 Å². The molecule has 2 N–H and O–H groups in total. The number of hydrogen-bond donors (Lipinski definition) is 2. The maximum Gasteiger partial charge on any atom is 0.123 e. The SMILES string of the molecule is CCN(CC(C)(C)O)c1ccc(F)cc1C(C)O. The Labute approximate surface area is 108 Å². The van der Waals surface area contributed by atoms with Gasteiger partial charge in [-0.05, 0) is 45.9 Å². The van der Waals surface area contributed by atoms with Crippen LogP contribution in [0.5, 0.6) is 0 Å². The van der Waals surface area contributed by atoms with Crippen molar-refractivity contribution in [1.82, 2.24) is 0 Å². The Morgan fingerprint density at radius 1 is 1.39 bits per heavy atom. The molecular weight excluding hydrogens is 233 g/mol. The zero-order chi connectivity index (χ0) is 13.9. The van der Waals surface area contributed by atoms with Gasteiger partial charge in [0.15, 0.2) is 0 Å². The molecule has 0 bridgehead atoms. The first-order chi connectivity index (χ1) is 8.24. The molecule has 1 aromatic carbocycles. The number of halogens is 1. The van der Waals surface area contributed by atoms with E-state index in [0.29, 0.717) is 18.7 Å². The topological polar surface area (TPSA) is 43.7 Å². The van der Waals surface area contributed by atoms with E-state index in [2.05, 4.69) is 0 Å². The van der Waals surface area contributed by atoms with Crippen molar-refractivity contribution in [2.24, 2.45) is 0 Å². The Kier molecular flexibility index (Phi) is 4.71. The van der Waals surface area contributed by atoms with Crippen molar-refractivity contribution in [3.63, 3.8) is 0 Å². The molecule has 0 amide bonds. The minimum absolute atomic E-state index is 0.367. The predicted octanol–water partition coefficient (Wildman–Crippen LogP) is 2.48. The van der Waals surface area contributed by atoms with Crippen LogP contribution in [0.3, 0.4) is 0 Å². The molecule has 0 aliphatic rings. The molecule has 0 aliphatic carbocycles. The second-order valence-electron chi connectivity index (χ2n) is 5.21. The molecule has 0 radical (unpaired) electrons. The van der Waals surface area contributed by atoms with Crippen molar-refractivity contribution in [2.75, 3.05) is 18.0 Å². The maximum atomic E-state index is 13.2. The molecule has 0 aromatic heterocycles. The highest BCUT2D eigenvalue weighted by atomic mass is 19.1. The van der Waals surface area contributed by atoms with Crippen molar-refractivity contribution in [2.45, 2.75) is 39.4 Å². The van der Waals surface area contributed by atoms with E-state index in [0.717, 1.165) is 5.69 Å². The van der Waals surface area contributed by atoms with Gasteiger partial charge in [-0.2, -0.15) is 0 Å². The second-order valence-corrected chi connectivity index (χ2v) is 5.21. The van der Waals surface area contributed by atoms with Crippen molar-refractivity contribution in [1.29, 1.82) is 0 Å². The van der Waals surface area contributed by atoms with Gasteiger partial charge >= 0.3 is 0 Å². The van der Waals surface area contributed by atoms with Crippen LogP contribution < -0.4 is 4.90 Å². The van der Waals surface area contributed by atoms with Crippen LogP contribution in [0.25, 0.3) is 0 Å². The number of benzene rings is 1. The van der Waals surface area contributed by atoms with Crippen molar-refractivity contribution >= 4 is 5.69 Å². The summed E-state index contributed by atoms with van der Waals surface area (Å²) in [7, 11) is 0. The molecule has 1 rings (SSSR count). The van der Waals surface area contributed by atoms with Gasteiger partial charge in [0.05, 0.1) is 11.7 Å². The van der Waals surface area contributed by atoms with Crippen LogP contribution in [0.4, 0.5) is 10.1 Å². The normalized spacial score (nSPS) is 13.5. The Morgan fingerprint density at radius 3 is 2.44 bits per heavy atom. The number of aliphatic hydroxyl groups is 2. The third-order valence-corrected chi connectivity index (χ3v) is 2.74.